The van der Waals surface area contributed by atoms with Crippen LogP contribution in [0.3, 0.4) is 0 Å². The van der Waals surface area contributed by atoms with Gasteiger partial charge in [0.2, 0.25) is 0 Å². The first kappa shape index (κ1) is 14.6. The first-order valence-electron chi connectivity index (χ1n) is 6.09. The quantitative estimate of drug-likeness (QED) is 0.924. The Morgan fingerprint density at radius 1 is 1.40 bits per heavy atom. The summed E-state index contributed by atoms with van der Waals surface area (Å²) in [4.78, 5) is 11.8. The number of halogens is 1. The molecule has 1 N–H and O–H groups in total. The van der Waals surface area contributed by atoms with Crippen LogP contribution in [0.15, 0.2) is 45.5 Å². The smallest absolute Gasteiger partial charge is 0.408 e. The van der Waals surface area contributed by atoms with Crippen LogP contribution in [0.5, 0.6) is 0 Å². The van der Waals surface area contributed by atoms with Crippen molar-refractivity contribution >= 4 is 22.0 Å². The zero-order valence-corrected chi connectivity index (χ0v) is 12.8. The number of carbonyl (C=O) groups is 1. The molecule has 0 fully saturated rings. The lowest BCUT2D eigenvalue weighted by molar-refractivity contribution is 0.125. The standard InChI is InChI=1S/C14H15BrN2O3/c1-14(2,11-8-12(15)17-20-11)16-13(18)19-9-10-6-4-3-5-7-10/h3-8H,9H2,1-2H3,(H,16,18). The van der Waals surface area contributed by atoms with Crippen molar-refractivity contribution in [3.05, 3.63) is 52.3 Å². The number of carbonyl (C=O) groups excluding carboxylic acids is 1. The minimum atomic E-state index is -0.702. The molecule has 0 atom stereocenters. The molecule has 2 rings (SSSR count). The van der Waals surface area contributed by atoms with Crippen molar-refractivity contribution in [3.63, 3.8) is 0 Å². The van der Waals surface area contributed by atoms with Gasteiger partial charge in [-0.15, -0.1) is 0 Å². The van der Waals surface area contributed by atoms with Gasteiger partial charge in [-0.3, -0.25) is 0 Å². The molecule has 0 saturated carbocycles. The van der Waals surface area contributed by atoms with Crippen LogP contribution in [-0.4, -0.2) is 11.2 Å². The Morgan fingerprint density at radius 2 is 2.10 bits per heavy atom. The molecule has 20 heavy (non-hydrogen) atoms. The molecule has 0 radical (unpaired) electrons. The molecule has 6 heteroatoms. The molecule has 0 saturated heterocycles. The lowest BCUT2D eigenvalue weighted by Gasteiger charge is -2.22. The van der Waals surface area contributed by atoms with Gasteiger partial charge in [0.15, 0.2) is 5.76 Å². The molecule has 0 spiro atoms. The van der Waals surface area contributed by atoms with E-state index in [1.54, 1.807) is 6.07 Å². The van der Waals surface area contributed by atoms with Crippen LogP contribution >= 0.6 is 15.9 Å². The van der Waals surface area contributed by atoms with Gasteiger partial charge in [0.05, 0.1) is 5.54 Å². The lowest BCUT2D eigenvalue weighted by atomic mass is 10.0. The zero-order valence-electron chi connectivity index (χ0n) is 11.2. The van der Waals surface area contributed by atoms with E-state index in [0.29, 0.717) is 10.4 Å². The van der Waals surface area contributed by atoms with Crippen LogP contribution in [0.1, 0.15) is 25.2 Å². The molecule has 0 unspecified atom stereocenters. The van der Waals surface area contributed by atoms with Crippen LogP contribution in [0.4, 0.5) is 4.79 Å². The van der Waals surface area contributed by atoms with Gasteiger partial charge in [0.25, 0.3) is 0 Å². The molecule has 106 valence electrons. The maximum atomic E-state index is 11.8. The number of hydrogen-bond donors (Lipinski definition) is 1. The van der Waals surface area contributed by atoms with Crippen molar-refractivity contribution in [2.75, 3.05) is 0 Å². The van der Waals surface area contributed by atoms with Crippen LogP contribution in [-0.2, 0) is 16.9 Å². The predicted octanol–water partition coefficient (Wildman–Crippen LogP) is 3.60. The fourth-order valence-corrected chi connectivity index (χ4v) is 1.90. The zero-order chi connectivity index (χ0) is 14.6. The van der Waals surface area contributed by atoms with Crippen LogP contribution in [0.2, 0.25) is 0 Å². The molecule has 0 bridgehead atoms. The summed E-state index contributed by atoms with van der Waals surface area (Å²) in [5.74, 6) is 0.543. The Morgan fingerprint density at radius 3 is 2.70 bits per heavy atom. The number of nitrogens with zero attached hydrogens (tertiary/aromatic N) is 1. The molecule has 1 heterocycles. The summed E-state index contributed by atoms with van der Waals surface area (Å²) in [5.41, 5.74) is 0.232. The minimum Gasteiger partial charge on any atom is -0.445 e. The van der Waals surface area contributed by atoms with E-state index in [-0.39, 0.29) is 6.61 Å². The number of ether oxygens (including phenoxy) is 1. The average molecular weight is 339 g/mol. The molecule has 5 nitrogen and oxygen atoms in total. The summed E-state index contributed by atoms with van der Waals surface area (Å²) in [5, 5.41) is 6.47. The van der Waals surface area contributed by atoms with Crippen molar-refractivity contribution in [2.45, 2.75) is 26.0 Å². The first-order chi connectivity index (χ1) is 9.47. The van der Waals surface area contributed by atoms with E-state index < -0.39 is 11.6 Å². The van der Waals surface area contributed by atoms with Gasteiger partial charge < -0.3 is 14.6 Å². The largest absolute Gasteiger partial charge is 0.445 e. The van der Waals surface area contributed by atoms with E-state index in [1.165, 1.54) is 0 Å². The topological polar surface area (TPSA) is 64.4 Å². The van der Waals surface area contributed by atoms with E-state index in [9.17, 15) is 4.79 Å². The maximum Gasteiger partial charge on any atom is 0.408 e. The summed E-state index contributed by atoms with van der Waals surface area (Å²) in [6.45, 7) is 3.84. The van der Waals surface area contributed by atoms with Gasteiger partial charge in [-0.25, -0.2) is 4.79 Å². The van der Waals surface area contributed by atoms with Crippen LogP contribution in [0.25, 0.3) is 0 Å². The summed E-state index contributed by atoms with van der Waals surface area (Å²) in [6, 6.07) is 11.2. The highest BCUT2D eigenvalue weighted by atomic mass is 79.9. The number of amides is 1. The molecule has 0 aliphatic heterocycles. The van der Waals surface area contributed by atoms with E-state index in [1.807, 2.05) is 44.2 Å². The van der Waals surface area contributed by atoms with Gasteiger partial charge in [-0.1, -0.05) is 35.5 Å². The average Bonchev–Trinajstić information content (AvgIpc) is 2.85. The second-order valence-electron chi connectivity index (χ2n) is 4.83. The van der Waals surface area contributed by atoms with Gasteiger partial charge in [0.1, 0.15) is 11.2 Å². The van der Waals surface area contributed by atoms with Gasteiger partial charge >= 0.3 is 6.09 Å². The number of rotatable bonds is 4. The van der Waals surface area contributed by atoms with E-state index in [0.717, 1.165) is 5.56 Å². The molecule has 0 aliphatic rings. The Kier molecular flexibility index (Phi) is 4.44. The summed E-state index contributed by atoms with van der Waals surface area (Å²) in [6.07, 6.45) is -0.508. The molecule has 1 aromatic heterocycles. The van der Waals surface area contributed by atoms with Crippen molar-refractivity contribution < 1.29 is 14.1 Å². The Labute approximate surface area is 125 Å². The van der Waals surface area contributed by atoms with Gasteiger partial charge in [-0.2, -0.15) is 0 Å². The monoisotopic (exact) mass is 338 g/mol. The van der Waals surface area contributed by atoms with Gasteiger partial charge in [-0.05, 0) is 35.3 Å². The van der Waals surface area contributed by atoms with Gasteiger partial charge in [0, 0.05) is 6.07 Å². The number of aromatic nitrogens is 1. The summed E-state index contributed by atoms with van der Waals surface area (Å²) >= 11 is 3.20. The van der Waals surface area contributed by atoms with Crippen LogP contribution in [0, 0.1) is 0 Å². The Balaban J connectivity index is 1.91. The highest BCUT2D eigenvalue weighted by Gasteiger charge is 2.28. The Bertz CT molecular complexity index is 581. The van der Waals surface area contributed by atoms with Crippen molar-refractivity contribution in [3.8, 4) is 0 Å². The predicted molar refractivity (Wildman–Crippen MR) is 77.0 cm³/mol. The first-order valence-corrected chi connectivity index (χ1v) is 6.88. The molecule has 1 aromatic carbocycles. The SMILES string of the molecule is CC(C)(NC(=O)OCc1ccccc1)c1cc(Br)no1. The lowest BCUT2D eigenvalue weighted by Crippen LogP contribution is -2.41. The summed E-state index contributed by atoms with van der Waals surface area (Å²) < 4.78 is 10.9. The highest BCUT2D eigenvalue weighted by molar-refractivity contribution is 9.10. The fraction of sp³-hybridized carbons (Fsp3) is 0.286. The van der Waals surface area contributed by atoms with E-state index in [2.05, 4.69) is 26.4 Å². The third-order valence-corrected chi connectivity index (χ3v) is 3.10. The van der Waals surface area contributed by atoms with Crippen molar-refractivity contribution in [1.29, 1.82) is 0 Å². The minimum absolute atomic E-state index is 0.225. The molecule has 2 aromatic rings. The van der Waals surface area contributed by atoms with Crippen molar-refractivity contribution in [1.82, 2.24) is 10.5 Å². The van der Waals surface area contributed by atoms with E-state index >= 15 is 0 Å². The number of hydrogen-bond acceptors (Lipinski definition) is 4. The molecular weight excluding hydrogens is 324 g/mol. The maximum absolute atomic E-state index is 11.8. The summed E-state index contributed by atoms with van der Waals surface area (Å²) in [7, 11) is 0. The number of nitrogens with one attached hydrogen (secondary N) is 1. The third kappa shape index (κ3) is 3.84. The van der Waals surface area contributed by atoms with Crippen LogP contribution < -0.4 is 5.32 Å². The second-order valence-corrected chi connectivity index (χ2v) is 5.64. The third-order valence-electron chi connectivity index (χ3n) is 2.72. The molecule has 0 aliphatic carbocycles. The molecule has 1 amide bonds. The van der Waals surface area contributed by atoms with Crippen molar-refractivity contribution in [2.24, 2.45) is 0 Å². The highest BCUT2D eigenvalue weighted by Crippen LogP contribution is 2.23. The Hall–Kier alpha value is -1.82. The van der Waals surface area contributed by atoms with E-state index in [4.69, 9.17) is 9.26 Å². The fourth-order valence-electron chi connectivity index (χ4n) is 1.62. The molecular formula is C14H15BrN2O3. The normalized spacial score (nSPS) is 11.2. The second kappa shape index (κ2) is 6.09. The number of benzene rings is 1. The number of alkyl carbamates (subject to hydrolysis) is 1.